The molecule has 3 heterocycles. The maximum atomic E-state index is 13.2. The SMILES string of the molecule is C=C1CCC2(CCN(C(=O)c3cccc4c3CCN4C(C)=O)C2)C(=O)N1. The number of benzene rings is 1. The molecule has 136 valence electrons. The maximum absolute atomic E-state index is 13.2. The van der Waals surface area contributed by atoms with Crippen molar-refractivity contribution >= 4 is 23.4 Å². The monoisotopic (exact) mass is 353 g/mol. The number of hydrogen-bond donors (Lipinski definition) is 1. The number of anilines is 1. The van der Waals surface area contributed by atoms with Gasteiger partial charge in [0.05, 0.1) is 5.41 Å². The molecule has 3 aliphatic rings. The van der Waals surface area contributed by atoms with Crippen molar-refractivity contribution in [3.05, 3.63) is 41.6 Å². The van der Waals surface area contributed by atoms with E-state index < -0.39 is 5.41 Å². The van der Waals surface area contributed by atoms with Gasteiger partial charge in [0.2, 0.25) is 11.8 Å². The van der Waals surface area contributed by atoms with Gasteiger partial charge >= 0.3 is 0 Å². The summed E-state index contributed by atoms with van der Waals surface area (Å²) in [4.78, 5) is 40.9. The lowest BCUT2D eigenvalue weighted by molar-refractivity contribution is -0.131. The van der Waals surface area contributed by atoms with E-state index in [4.69, 9.17) is 0 Å². The second-order valence-electron chi connectivity index (χ2n) is 7.54. The summed E-state index contributed by atoms with van der Waals surface area (Å²) in [7, 11) is 0. The normalized spacial score (nSPS) is 24.8. The van der Waals surface area contributed by atoms with Gasteiger partial charge in [-0.2, -0.15) is 0 Å². The average molecular weight is 353 g/mol. The van der Waals surface area contributed by atoms with Gasteiger partial charge < -0.3 is 15.1 Å². The largest absolute Gasteiger partial charge is 0.338 e. The van der Waals surface area contributed by atoms with E-state index in [2.05, 4.69) is 11.9 Å². The summed E-state index contributed by atoms with van der Waals surface area (Å²) in [5.41, 5.74) is 2.71. The van der Waals surface area contributed by atoms with Gasteiger partial charge in [-0.1, -0.05) is 12.6 Å². The number of nitrogens with zero attached hydrogens (tertiary/aromatic N) is 2. The highest BCUT2D eigenvalue weighted by molar-refractivity contribution is 6.01. The number of fused-ring (bicyclic) bond motifs is 1. The number of rotatable bonds is 1. The number of nitrogens with one attached hydrogen (secondary N) is 1. The van der Waals surface area contributed by atoms with Gasteiger partial charge in [-0.3, -0.25) is 14.4 Å². The fraction of sp³-hybridized carbons (Fsp3) is 0.450. The van der Waals surface area contributed by atoms with E-state index in [1.54, 1.807) is 16.7 Å². The van der Waals surface area contributed by atoms with Gasteiger partial charge in [0.15, 0.2) is 0 Å². The molecule has 1 spiro atoms. The molecule has 0 radical (unpaired) electrons. The topological polar surface area (TPSA) is 69.7 Å². The van der Waals surface area contributed by atoms with Crippen LogP contribution in [0.3, 0.4) is 0 Å². The molecule has 2 saturated heterocycles. The zero-order valence-electron chi connectivity index (χ0n) is 15.0. The van der Waals surface area contributed by atoms with Crippen LogP contribution < -0.4 is 10.2 Å². The van der Waals surface area contributed by atoms with Crippen molar-refractivity contribution in [1.82, 2.24) is 10.2 Å². The summed E-state index contributed by atoms with van der Waals surface area (Å²) in [5.74, 6) is -0.0565. The summed E-state index contributed by atoms with van der Waals surface area (Å²) in [6.07, 6.45) is 2.89. The highest BCUT2D eigenvalue weighted by Crippen LogP contribution is 2.40. The predicted octanol–water partition coefficient (Wildman–Crippen LogP) is 1.85. The molecule has 0 aliphatic carbocycles. The van der Waals surface area contributed by atoms with Crippen molar-refractivity contribution in [1.29, 1.82) is 0 Å². The molecule has 0 bridgehead atoms. The van der Waals surface area contributed by atoms with Gasteiger partial charge in [-0.25, -0.2) is 0 Å². The lowest BCUT2D eigenvalue weighted by atomic mass is 9.78. The number of amides is 3. The standard InChI is InChI=1S/C20H23N3O3/c1-13-6-8-20(19(26)21-13)9-11-22(12-20)18(25)16-4-3-5-17-15(16)7-10-23(17)14(2)24/h3-5H,1,6-12H2,2H3,(H,21,26). The predicted molar refractivity (Wildman–Crippen MR) is 97.6 cm³/mol. The van der Waals surface area contributed by atoms with Crippen molar-refractivity contribution in [3.8, 4) is 0 Å². The van der Waals surface area contributed by atoms with Gasteiger partial charge in [-0.15, -0.1) is 0 Å². The van der Waals surface area contributed by atoms with Crippen LogP contribution in [0.15, 0.2) is 30.5 Å². The zero-order valence-corrected chi connectivity index (χ0v) is 15.0. The summed E-state index contributed by atoms with van der Waals surface area (Å²) >= 11 is 0. The van der Waals surface area contributed by atoms with Gasteiger partial charge in [0.25, 0.3) is 5.91 Å². The van der Waals surface area contributed by atoms with Crippen molar-refractivity contribution in [2.75, 3.05) is 24.5 Å². The van der Waals surface area contributed by atoms with Crippen LogP contribution in [-0.4, -0.2) is 42.3 Å². The van der Waals surface area contributed by atoms with E-state index in [-0.39, 0.29) is 17.7 Å². The number of allylic oxidation sites excluding steroid dienone is 1. The van der Waals surface area contributed by atoms with Crippen LogP contribution >= 0.6 is 0 Å². The lowest BCUT2D eigenvalue weighted by Crippen LogP contribution is -2.46. The molecule has 1 atom stereocenters. The fourth-order valence-electron chi connectivity index (χ4n) is 4.43. The Labute approximate surface area is 152 Å². The molecule has 6 heteroatoms. The molecule has 0 aromatic heterocycles. The molecule has 3 aliphatic heterocycles. The van der Waals surface area contributed by atoms with E-state index in [0.717, 1.165) is 29.8 Å². The molecular weight excluding hydrogens is 330 g/mol. The summed E-state index contributed by atoms with van der Waals surface area (Å²) in [6.45, 7) is 7.03. The lowest BCUT2D eigenvalue weighted by Gasteiger charge is -2.33. The number of carbonyl (C=O) groups is 3. The molecule has 3 amide bonds. The Hall–Kier alpha value is -2.63. The number of piperidine rings is 1. The first-order valence-electron chi connectivity index (χ1n) is 9.10. The minimum Gasteiger partial charge on any atom is -0.338 e. The molecule has 2 fully saturated rings. The van der Waals surface area contributed by atoms with Crippen molar-refractivity contribution < 1.29 is 14.4 Å². The van der Waals surface area contributed by atoms with E-state index in [0.29, 0.717) is 38.0 Å². The highest BCUT2D eigenvalue weighted by Gasteiger charge is 2.48. The van der Waals surface area contributed by atoms with Gasteiger partial charge in [-0.05, 0) is 43.4 Å². The van der Waals surface area contributed by atoms with E-state index in [9.17, 15) is 14.4 Å². The highest BCUT2D eigenvalue weighted by atomic mass is 16.2. The van der Waals surface area contributed by atoms with Crippen molar-refractivity contribution in [3.63, 3.8) is 0 Å². The Morgan fingerprint density at radius 3 is 2.73 bits per heavy atom. The molecule has 1 aromatic rings. The van der Waals surface area contributed by atoms with Crippen LogP contribution in [-0.2, 0) is 16.0 Å². The van der Waals surface area contributed by atoms with Crippen LogP contribution in [0, 0.1) is 5.41 Å². The summed E-state index contributed by atoms with van der Waals surface area (Å²) < 4.78 is 0. The Balaban J connectivity index is 1.58. The van der Waals surface area contributed by atoms with E-state index in [1.807, 2.05) is 18.2 Å². The third kappa shape index (κ3) is 2.52. The first-order valence-corrected chi connectivity index (χ1v) is 9.10. The number of carbonyl (C=O) groups excluding carboxylic acids is 3. The Morgan fingerprint density at radius 1 is 1.19 bits per heavy atom. The van der Waals surface area contributed by atoms with Crippen LogP contribution in [0.5, 0.6) is 0 Å². The zero-order chi connectivity index (χ0) is 18.5. The number of hydrogen-bond acceptors (Lipinski definition) is 3. The average Bonchev–Trinajstić information content (AvgIpc) is 3.23. The maximum Gasteiger partial charge on any atom is 0.254 e. The smallest absolute Gasteiger partial charge is 0.254 e. The Kier molecular flexibility index (Phi) is 3.86. The summed E-state index contributed by atoms with van der Waals surface area (Å²) in [5, 5.41) is 2.86. The Bertz CT molecular complexity index is 832. The third-order valence-corrected chi connectivity index (χ3v) is 5.96. The first-order chi connectivity index (χ1) is 12.4. The molecular formula is C20H23N3O3. The van der Waals surface area contributed by atoms with Crippen LogP contribution in [0.2, 0.25) is 0 Å². The third-order valence-electron chi connectivity index (χ3n) is 5.96. The molecule has 6 nitrogen and oxygen atoms in total. The van der Waals surface area contributed by atoms with E-state index in [1.165, 1.54) is 0 Å². The molecule has 1 aromatic carbocycles. The second-order valence-corrected chi connectivity index (χ2v) is 7.54. The van der Waals surface area contributed by atoms with Gasteiger partial charge in [0.1, 0.15) is 0 Å². The number of likely N-dealkylation sites (tertiary alicyclic amines) is 1. The minimum absolute atomic E-state index is 0.00687. The minimum atomic E-state index is -0.486. The van der Waals surface area contributed by atoms with Crippen LogP contribution in [0.1, 0.15) is 42.1 Å². The van der Waals surface area contributed by atoms with Crippen LogP contribution in [0.25, 0.3) is 0 Å². The van der Waals surface area contributed by atoms with Crippen molar-refractivity contribution in [2.45, 2.75) is 32.6 Å². The second kappa shape index (κ2) is 5.97. The fourth-order valence-corrected chi connectivity index (χ4v) is 4.43. The molecule has 0 saturated carbocycles. The summed E-state index contributed by atoms with van der Waals surface area (Å²) in [6, 6.07) is 5.56. The van der Waals surface area contributed by atoms with Crippen molar-refractivity contribution in [2.24, 2.45) is 5.41 Å². The quantitative estimate of drug-likeness (QED) is 0.838. The van der Waals surface area contributed by atoms with Crippen LogP contribution in [0.4, 0.5) is 5.69 Å². The molecule has 26 heavy (non-hydrogen) atoms. The molecule has 1 unspecified atom stereocenters. The Morgan fingerprint density at radius 2 is 2.00 bits per heavy atom. The molecule has 4 rings (SSSR count). The van der Waals surface area contributed by atoms with E-state index >= 15 is 0 Å². The van der Waals surface area contributed by atoms with Gasteiger partial charge in [0, 0.05) is 43.5 Å². The molecule has 1 N–H and O–H groups in total. The first kappa shape index (κ1) is 16.8.